The van der Waals surface area contributed by atoms with Gasteiger partial charge in [-0.1, -0.05) is 43.3 Å². The number of aliphatic hydroxyl groups excluding tert-OH is 1. The van der Waals surface area contributed by atoms with E-state index in [-0.39, 0.29) is 18.6 Å². The first kappa shape index (κ1) is 18.0. The average molecular weight is 327 g/mol. The Morgan fingerprint density at radius 2 is 1.67 bits per heavy atom. The minimum atomic E-state index is -0.363. The third-order valence-corrected chi connectivity index (χ3v) is 4.32. The minimum absolute atomic E-state index is 0.0193. The lowest BCUT2D eigenvalue weighted by Crippen LogP contribution is -2.34. The summed E-state index contributed by atoms with van der Waals surface area (Å²) < 4.78 is 5.15. The van der Waals surface area contributed by atoms with E-state index in [4.69, 9.17) is 4.74 Å². The molecule has 0 bridgehead atoms. The highest BCUT2D eigenvalue weighted by atomic mass is 16.5. The van der Waals surface area contributed by atoms with Gasteiger partial charge >= 0.3 is 0 Å². The summed E-state index contributed by atoms with van der Waals surface area (Å²) >= 11 is 0. The summed E-state index contributed by atoms with van der Waals surface area (Å²) in [5, 5.41) is 9.73. The molecule has 0 aliphatic rings. The fourth-order valence-corrected chi connectivity index (χ4v) is 2.64. The molecule has 0 aromatic heterocycles. The van der Waals surface area contributed by atoms with Gasteiger partial charge in [0.05, 0.1) is 26.2 Å². The molecule has 4 heteroatoms. The molecule has 1 N–H and O–H groups in total. The summed E-state index contributed by atoms with van der Waals surface area (Å²) in [6.07, 6.45) is 1.31. The van der Waals surface area contributed by atoms with Gasteiger partial charge in [0.1, 0.15) is 5.75 Å². The predicted octanol–water partition coefficient (Wildman–Crippen LogP) is 2.99. The third-order valence-electron chi connectivity index (χ3n) is 4.32. The number of carbonyl (C=O) groups is 1. The molecule has 0 aliphatic heterocycles. The van der Waals surface area contributed by atoms with Crippen LogP contribution in [-0.2, 0) is 17.6 Å². The van der Waals surface area contributed by atoms with Gasteiger partial charge in [-0.05, 0) is 35.2 Å². The van der Waals surface area contributed by atoms with E-state index < -0.39 is 0 Å². The number of hydrogen-bond donors (Lipinski definition) is 1. The molecule has 2 rings (SSSR count). The van der Waals surface area contributed by atoms with Crippen LogP contribution in [0.25, 0.3) is 0 Å². The maximum atomic E-state index is 12.6. The van der Waals surface area contributed by atoms with Crippen molar-refractivity contribution in [2.45, 2.75) is 25.8 Å². The summed E-state index contributed by atoms with van der Waals surface area (Å²) in [6, 6.07) is 15.1. The molecule has 2 aromatic rings. The average Bonchev–Trinajstić information content (AvgIpc) is 2.63. The van der Waals surface area contributed by atoms with E-state index in [1.54, 1.807) is 19.1 Å². The molecule has 24 heavy (non-hydrogen) atoms. The first-order valence-corrected chi connectivity index (χ1v) is 8.17. The lowest BCUT2D eigenvalue weighted by molar-refractivity contribution is -0.132. The molecule has 0 spiro atoms. The van der Waals surface area contributed by atoms with Gasteiger partial charge in [-0.25, -0.2) is 0 Å². The Morgan fingerprint density at radius 3 is 2.17 bits per heavy atom. The maximum Gasteiger partial charge on any atom is 0.227 e. The number of aliphatic hydroxyl groups is 1. The van der Waals surface area contributed by atoms with E-state index in [0.717, 1.165) is 23.3 Å². The van der Waals surface area contributed by atoms with Gasteiger partial charge < -0.3 is 14.7 Å². The van der Waals surface area contributed by atoms with Gasteiger partial charge in [-0.3, -0.25) is 4.79 Å². The zero-order valence-corrected chi connectivity index (χ0v) is 14.5. The quantitative estimate of drug-likeness (QED) is 0.850. The number of carbonyl (C=O) groups excluding carboxylic acids is 1. The first-order valence-electron chi connectivity index (χ1n) is 8.17. The Hall–Kier alpha value is -2.33. The number of benzene rings is 2. The number of likely N-dealkylation sites (N-methyl/N-ethyl adjacent to an activating group) is 1. The molecule has 1 unspecified atom stereocenters. The molecule has 2 aromatic carbocycles. The van der Waals surface area contributed by atoms with Crippen molar-refractivity contribution in [3.8, 4) is 5.75 Å². The summed E-state index contributed by atoms with van der Waals surface area (Å²) in [5.41, 5.74) is 3.12. The highest BCUT2D eigenvalue weighted by molar-refractivity contribution is 5.79. The molecule has 1 atom stereocenters. The van der Waals surface area contributed by atoms with Crippen molar-refractivity contribution >= 4 is 5.91 Å². The summed E-state index contributed by atoms with van der Waals surface area (Å²) in [7, 11) is 3.34. The zero-order chi connectivity index (χ0) is 17.5. The van der Waals surface area contributed by atoms with Gasteiger partial charge in [0.2, 0.25) is 5.91 Å². The zero-order valence-electron chi connectivity index (χ0n) is 14.5. The van der Waals surface area contributed by atoms with E-state index in [9.17, 15) is 9.90 Å². The number of rotatable bonds is 7. The predicted molar refractivity (Wildman–Crippen MR) is 95.1 cm³/mol. The third kappa shape index (κ3) is 4.36. The fourth-order valence-electron chi connectivity index (χ4n) is 2.64. The molecular weight excluding hydrogens is 302 g/mol. The Balaban J connectivity index is 2.08. The highest BCUT2D eigenvalue weighted by Crippen LogP contribution is 2.22. The van der Waals surface area contributed by atoms with E-state index in [0.29, 0.717) is 6.42 Å². The van der Waals surface area contributed by atoms with E-state index in [1.165, 1.54) is 5.56 Å². The second-order valence-electron chi connectivity index (χ2n) is 5.82. The van der Waals surface area contributed by atoms with Crippen LogP contribution in [0.3, 0.4) is 0 Å². The normalized spacial score (nSPS) is 11.8. The van der Waals surface area contributed by atoms with Crippen LogP contribution in [-0.4, -0.2) is 36.7 Å². The van der Waals surface area contributed by atoms with Gasteiger partial charge in [0.15, 0.2) is 0 Å². The second kappa shape index (κ2) is 8.50. The molecule has 0 heterocycles. The number of aryl methyl sites for hydroxylation is 1. The molecule has 0 saturated heterocycles. The van der Waals surface area contributed by atoms with Crippen LogP contribution >= 0.6 is 0 Å². The van der Waals surface area contributed by atoms with Crippen molar-refractivity contribution in [3.63, 3.8) is 0 Å². The lowest BCUT2D eigenvalue weighted by atomic mass is 10.0. The molecule has 128 valence electrons. The topological polar surface area (TPSA) is 49.8 Å². The molecule has 1 amide bonds. The van der Waals surface area contributed by atoms with Crippen LogP contribution in [0.1, 0.15) is 29.7 Å². The van der Waals surface area contributed by atoms with Crippen molar-refractivity contribution in [1.82, 2.24) is 4.90 Å². The van der Waals surface area contributed by atoms with E-state index in [2.05, 4.69) is 19.1 Å². The second-order valence-corrected chi connectivity index (χ2v) is 5.82. The Labute approximate surface area is 143 Å². The number of ether oxygens (including phenoxy) is 1. The van der Waals surface area contributed by atoms with Crippen LogP contribution in [0, 0.1) is 0 Å². The summed E-state index contributed by atoms with van der Waals surface area (Å²) in [6.45, 7) is 1.98. The monoisotopic (exact) mass is 327 g/mol. The summed E-state index contributed by atoms with van der Waals surface area (Å²) in [5.74, 6) is 0.731. The van der Waals surface area contributed by atoms with Crippen molar-refractivity contribution in [2.75, 3.05) is 20.8 Å². The SMILES string of the molecule is CCc1ccc(CC(=O)N(C)C(CO)c2ccc(OC)cc2)cc1. The van der Waals surface area contributed by atoms with Crippen LogP contribution in [0.4, 0.5) is 0 Å². The maximum absolute atomic E-state index is 12.6. The molecule has 4 nitrogen and oxygen atoms in total. The number of hydrogen-bond acceptors (Lipinski definition) is 3. The molecular formula is C20H25NO3. The fraction of sp³-hybridized carbons (Fsp3) is 0.350. The van der Waals surface area contributed by atoms with E-state index >= 15 is 0 Å². The van der Waals surface area contributed by atoms with Crippen molar-refractivity contribution in [2.24, 2.45) is 0 Å². The Kier molecular flexibility index (Phi) is 6.38. The number of nitrogens with zero attached hydrogens (tertiary/aromatic N) is 1. The largest absolute Gasteiger partial charge is 0.497 e. The van der Waals surface area contributed by atoms with Crippen molar-refractivity contribution in [3.05, 3.63) is 65.2 Å². The van der Waals surface area contributed by atoms with Crippen LogP contribution < -0.4 is 4.74 Å². The van der Waals surface area contributed by atoms with Gasteiger partial charge in [-0.15, -0.1) is 0 Å². The lowest BCUT2D eigenvalue weighted by Gasteiger charge is -2.27. The van der Waals surface area contributed by atoms with E-state index in [1.807, 2.05) is 36.4 Å². The molecule has 0 radical (unpaired) electrons. The minimum Gasteiger partial charge on any atom is -0.497 e. The summed E-state index contributed by atoms with van der Waals surface area (Å²) in [4.78, 5) is 14.2. The van der Waals surface area contributed by atoms with Crippen LogP contribution in [0.5, 0.6) is 5.75 Å². The molecule has 0 saturated carbocycles. The number of amides is 1. The van der Waals surface area contributed by atoms with Crippen molar-refractivity contribution < 1.29 is 14.6 Å². The van der Waals surface area contributed by atoms with Gasteiger partial charge in [0, 0.05) is 7.05 Å². The van der Waals surface area contributed by atoms with Crippen LogP contribution in [0.2, 0.25) is 0 Å². The van der Waals surface area contributed by atoms with Gasteiger partial charge in [-0.2, -0.15) is 0 Å². The standard InChI is InChI=1S/C20H25NO3/c1-4-15-5-7-16(8-6-15)13-20(23)21(2)19(14-22)17-9-11-18(24-3)12-10-17/h5-12,19,22H,4,13-14H2,1-3H3. The number of methoxy groups -OCH3 is 1. The van der Waals surface area contributed by atoms with Crippen molar-refractivity contribution in [1.29, 1.82) is 0 Å². The molecule has 0 aliphatic carbocycles. The van der Waals surface area contributed by atoms with Gasteiger partial charge in [0.25, 0.3) is 0 Å². The Bertz CT molecular complexity index is 650. The smallest absolute Gasteiger partial charge is 0.227 e. The van der Waals surface area contributed by atoms with Crippen LogP contribution in [0.15, 0.2) is 48.5 Å². The first-order chi connectivity index (χ1) is 11.6. The molecule has 0 fully saturated rings. The Morgan fingerprint density at radius 1 is 1.08 bits per heavy atom. The highest BCUT2D eigenvalue weighted by Gasteiger charge is 2.21.